The number of nitrogens with two attached hydrogens (primary N) is 1. The molecule has 0 saturated heterocycles. The summed E-state index contributed by atoms with van der Waals surface area (Å²) in [6.45, 7) is 3.98. The number of benzene rings is 1. The van der Waals surface area contributed by atoms with E-state index in [2.05, 4.69) is 22.1 Å². The zero-order valence-corrected chi connectivity index (χ0v) is 17.0. The summed E-state index contributed by atoms with van der Waals surface area (Å²) in [5.74, 6) is 1.55. The second-order valence-corrected chi connectivity index (χ2v) is 8.04. The predicted molar refractivity (Wildman–Crippen MR) is 112 cm³/mol. The molecule has 1 aliphatic carbocycles. The number of aromatic nitrogens is 1. The van der Waals surface area contributed by atoms with E-state index in [0.29, 0.717) is 23.0 Å². The Morgan fingerprint density at radius 3 is 2.76 bits per heavy atom. The first kappa shape index (κ1) is 19.5. The molecule has 0 bridgehead atoms. The molecule has 1 fully saturated rings. The van der Waals surface area contributed by atoms with Gasteiger partial charge < -0.3 is 25.8 Å². The predicted octanol–water partition coefficient (Wildman–Crippen LogP) is 2.92. The number of aliphatic hydroxyl groups excluding tert-OH is 1. The van der Waals surface area contributed by atoms with E-state index >= 15 is 0 Å². The van der Waals surface area contributed by atoms with Crippen LogP contribution in [0.25, 0.3) is 0 Å². The first-order valence-electron chi connectivity index (χ1n) is 10.1. The minimum atomic E-state index is -0.633. The van der Waals surface area contributed by atoms with E-state index in [9.17, 15) is 9.90 Å². The van der Waals surface area contributed by atoms with Crippen molar-refractivity contribution in [2.75, 3.05) is 17.3 Å². The smallest absolute Gasteiger partial charge is 0.248 e. The molecule has 4 rings (SSSR count). The van der Waals surface area contributed by atoms with Crippen LogP contribution >= 0.6 is 0 Å². The number of anilines is 2. The number of aliphatic hydroxyl groups is 1. The number of ether oxygens (including phenoxy) is 1. The summed E-state index contributed by atoms with van der Waals surface area (Å²) in [5, 5.41) is 14.2. The van der Waals surface area contributed by atoms with Gasteiger partial charge >= 0.3 is 0 Å². The highest BCUT2D eigenvalue weighted by Crippen LogP contribution is 2.50. The third-order valence-electron chi connectivity index (χ3n) is 6.10. The number of hydrogen-bond acceptors (Lipinski definition) is 6. The third-order valence-corrected chi connectivity index (χ3v) is 6.10. The van der Waals surface area contributed by atoms with E-state index in [-0.39, 0.29) is 18.0 Å². The Bertz CT molecular complexity index is 913. The molecule has 154 valence electrons. The standard InChI is InChI=1S/C22H28N4O3/c1-12-19(25-22-18(29-3)5-4-10-24-22)16-11-15(21(23)28)8-9-17(16)26(13(2)27)20(12)14-6-7-14/h4-5,8-14,19-20,27H,6-7H2,1-3H3,(H2,23,28)(H,24,25)/t12-,13?,19-,20-/m1/s1. The Kier molecular flexibility index (Phi) is 5.08. The fourth-order valence-corrected chi connectivity index (χ4v) is 4.65. The van der Waals surface area contributed by atoms with Crippen LogP contribution in [0.3, 0.4) is 0 Å². The number of pyridine rings is 1. The molecule has 4 N–H and O–H groups in total. The van der Waals surface area contributed by atoms with Crippen LogP contribution < -0.4 is 20.7 Å². The van der Waals surface area contributed by atoms with Crippen LogP contribution in [0.1, 0.15) is 48.7 Å². The normalized spacial score (nSPS) is 24.6. The van der Waals surface area contributed by atoms with E-state index in [1.165, 1.54) is 0 Å². The van der Waals surface area contributed by atoms with Gasteiger partial charge in [0.1, 0.15) is 6.23 Å². The number of primary amides is 1. The highest BCUT2D eigenvalue weighted by atomic mass is 16.5. The van der Waals surface area contributed by atoms with Crippen molar-refractivity contribution in [1.29, 1.82) is 0 Å². The minimum absolute atomic E-state index is 0.103. The number of fused-ring (bicyclic) bond motifs is 1. The van der Waals surface area contributed by atoms with Crippen molar-refractivity contribution in [2.45, 2.75) is 45.0 Å². The second-order valence-electron chi connectivity index (χ2n) is 8.04. The van der Waals surface area contributed by atoms with Gasteiger partial charge in [-0.25, -0.2) is 4.98 Å². The molecule has 0 radical (unpaired) electrons. The van der Waals surface area contributed by atoms with Crippen LogP contribution in [0.5, 0.6) is 5.75 Å². The molecule has 4 atom stereocenters. The van der Waals surface area contributed by atoms with Crippen LogP contribution in [0, 0.1) is 11.8 Å². The van der Waals surface area contributed by atoms with Crippen molar-refractivity contribution in [2.24, 2.45) is 17.6 Å². The molecule has 2 aromatic rings. The number of carbonyl (C=O) groups excluding carboxylic acids is 1. The Balaban J connectivity index is 1.83. The lowest BCUT2D eigenvalue weighted by Crippen LogP contribution is -2.53. The number of nitrogens with one attached hydrogen (secondary N) is 1. The fraction of sp³-hybridized carbons (Fsp3) is 0.455. The van der Waals surface area contributed by atoms with Gasteiger partial charge in [0.25, 0.3) is 0 Å². The summed E-state index contributed by atoms with van der Waals surface area (Å²) >= 11 is 0. The number of carbonyl (C=O) groups is 1. The van der Waals surface area contributed by atoms with Crippen molar-refractivity contribution in [1.82, 2.24) is 4.98 Å². The Hall–Kier alpha value is -2.80. The van der Waals surface area contributed by atoms with Crippen LogP contribution in [0.4, 0.5) is 11.5 Å². The number of methoxy groups -OCH3 is 1. The Morgan fingerprint density at radius 2 is 2.14 bits per heavy atom. The largest absolute Gasteiger partial charge is 0.493 e. The molecule has 7 heteroatoms. The van der Waals surface area contributed by atoms with E-state index in [1.54, 1.807) is 26.3 Å². The van der Waals surface area contributed by atoms with Gasteiger partial charge in [0.05, 0.1) is 13.2 Å². The van der Waals surface area contributed by atoms with Crippen molar-refractivity contribution >= 4 is 17.4 Å². The van der Waals surface area contributed by atoms with Crippen molar-refractivity contribution in [3.8, 4) is 5.75 Å². The number of amides is 1. The zero-order chi connectivity index (χ0) is 20.7. The highest BCUT2D eigenvalue weighted by Gasteiger charge is 2.47. The molecular formula is C22H28N4O3. The van der Waals surface area contributed by atoms with Crippen LogP contribution in [0.15, 0.2) is 36.5 Å². The third kappa shape index (κ3) is 3.51. The minimum Gasteiger partial charge on any atom is -0.493 e. The van der Waals surface area contributed by atoms with Crippen LogP contribution in [-0.4, -0.2) is 35.4 Å². The molecular weight excluding hydrogens is 368 g/mol. The number of nitrogens with zero attached hydrogens (tertiary/aromatic N) is 2. The topological polar surface area (TPSA) is 101 Å². The van der Waals surface area contributed by atoms with E-state index in [1.807, 2.05) is 24.3 Å². The molecule has 1 aliphatic heterocycles. The van der Waals surface area contributed by atoms with Crippen molar-refractivity contribution in [3.05, 3.63) is 47.7 Å². The van der Waals surface area contributed by atoms with Gasteiger partial charge in [-0.1, -0.05) is 6.92 Å². The van der Waals surface area contributed by atoms with Gasteiger partial charge in [0.2, 0.25) is 5.91 Å². The molecule has 1 saturated carbocycles. The summed E-state index contributed by atoms with van der Waals surface area (Å²) in [6, 6.07) is 9.24. The monoisotopic (exact) mass is 396 g/mol. The summed E-state index contributed by atoms with van der Waals surface area (Å²) < 4.78 is 5.47. The highest BCUT2D eigenvalue weighted by molar-refractivity contribution is 5.93. The van der Waals surface area contributed by atoms with E-state index in [0.717, 1.165) is 24.1 Å². The number of rotatable bonds is 6. The first-order chi connectivity index (χ1) is 13.9. The van der Waals surface area contributed by atoms with Crippen molar-refractivity contribution in [3.63, 3.8) is 0 Å². The van der Waals surface area contributed by atoms with Crippen LogP contribution in [0.2, 0.25) is 0 Å². The lowest BCUT2D eigenvalue weighted by atomic mass is 9.79. The van der Waals surface area contributed by atoms with E-state index in [4.69, 9.17) is 10.5 Å². The Labute approximate surface area is 170 Å². The molecule has 2 heterocycles. The summed E-state index contributed by atoms with van der Waals surface area (Å²) in [6.07, 6.45) is 3.41. The quantitative estimate of drug-likeness (QED) is 0.694. The van der Waals surface area contributed by atoms with Crippen molar-refractivity contribution < 1.29 is 14.6 Å². The summed E-state index contributed by atoms with van der Waals surface area (Å²) in [5.41, 5.74) is 7.85. The molecule has 7 nitrogen and oxygen atoms in total. The van der Waals surface area contributed by atoms with Gasteiger partial charge in [-0.3, -0.25) is 4.79 Å². The van der Waals surface area contributed by atoms with Gasteiger partial charge in [-0.15, -0.1) is 0 Å². The number of hydrogen-bond donors (Lipinski definition) is 3. The second kappa shape index (κ2) is 7.55. The van der Waals surface area contributed by atoms with Gasteiger partial charge in [-0.2, -0.15) is 0 Å². The van der Waals surface area contributed by atoms with Gasteiger partial charge in [0.15, 0.2) is 11.6 Å². The van der Waals surface area contributed by atoms with Crippen LogP contribution in [-0.2, 0) is 0 Å². The lowest BCUT2D eigenvalue weighted by Gasteiger charge is -2.48. The average Bonchev–Trinajstić information content (AvgIpc) is 3.54. The molecule has 1 aromatic carbocycles. The maximum absolute atomic E-state index is 11.8. The molecule has 1 amide bonds. The van der Waals surface area contributed by atoms with E-state index < -0.39 is 12.1 Å². The summed E-state index contributed by atoms with van der Waals surface area (Å²) in [4.78, 5) is 18.4. The SMILES string of the molecule is COc1cccnc1N[C@H]1c2cc(C(N)=O)ccc2N(C(C)O)[C@@H](C2CC2)[C@@H]1C. The molecule has 29 heavy (non-hydrogen) atoms. The lowest BCUT2D eigenvalue weighted by molar-refractivity contribution is 0.1000. The molecule has 1 unspecified atom stereocenters. The fourth-order valence-electron chi connectivity index (χ4n) is 4.65. The zero-order valence-electron chi connectivity index (χ0n) is 17.0. The Morgan fingerprint density at radius 1 is 1.38 bits per heavy atom. The first-order valence-corrected chi connectivity index (χ1v) is 10.1. The molecule has 2 aliphatic rings. The maximum Gasteiger partial charge on any atom is 0.248 e. The van der Waals surface area contributed by atoms with Gasteiger partial charge in [-0.05, 0) is 61.6 Å². The summed E-state index contributed by atoms with van der Waals surface area (Å²) in [7, 11) is 1.62. The average molecular weight is 396 g/mol. The molecule has 0 spiro atoms. The molecule has 1 aromatic heterocycles. The maximum atomic E-state index is 11.8. The van der Waals surface area contributed by atoms with Gasteiger partial charge in [0, 0.05) is 29.4 Å².